The second-order valence-corrected chi connectivity index (χ2v) is 6.49. The Morgan fingerprint density at radius 3 is 2.81 bits per heavy atom. The highest BCUT2D eigenvalue weighted by Gasteiger charge is 2.22. The number of amides is 1. The number of hydrogen-bond acceptors (Lipinski definition) is 3. The number of carbonyl (C=O) groups excluding carboxylic acids is 1. The summed E-state index contributed by atoms with van der Waals surface area (Å²) in [4.78, 5) is 13.0. The summed E-state index contributed by atoms with van der Waals surface area (Å²) in [5, 5.41) is 3.47. The topological polar surface area (TPSA) is 58.4 Å². The normalized spacial score (nSPS) is 18.6. The van der Waals surface area contributed by atoms with Crippen LogP contribution in [0.15, 0.2) is 22.7 Å². The molecule has 0 spiro atoms. The van der Waals surface area contributed by atoms with Crippen molar-refractivity contribution >= 4 is 21.8 Å². The SMILES string of the molecule is CC(NC1CCN(CC(N)=O)CC1)c1cc(Br)ccc1F. The Labute approximate surface area is 133 Å². The largest absolute Gasteiger partial charge is 0.369 e. The zero-order valence-corrected chi connectivity index (χ0v) is 13.7. The standard InChI is InChI=1S/C15H21BrFN3O/c1-10(13-8-11(16)2-3-14(13)17)19-12-4-6-20(7-5-12)9-15(18)21/h2-3,8,10,12,19H,4-7,9H2,1H3,(H2,18,21). The lowest BCUT2D eigenvalue weighted by atomic mass is 10.0. The minimum Gasteiger partial charge on any atom is -0.369 e. The third-order valence-electron chi connectivity index (χ3n) is 3.88. The molecule has 0 aliphatic carbocycles. The van der Waals surface area contributed by atoms with Gasteiger partial charge in [-0.25, -0.2) is 4.39 Å². The fourth-order valence-electron chi connectivity index (χ4n) is 2.77. The average molecular weight is 358 g/mol. The van der Waals surface area contributed by atoms with Crippen molar-refractivity contribution in [3.05, 3.63) is 34.1 Å². The van der Waals surface area contributed by atoms with Gasteiger partial charge in [0.15, 0.2) is 0 Å². The Balaban J connectivity index is 1.88. The Morgan fingerprint density at radius 1 is 1.52 bits per heavy atom. The molecule has 0 aromatic heterocycles. The van der Waals surface area contributed by atoms with Crippen molar-refractivity contribution in [2.45, 2.75) is 31.8 Å². The molecule has 2 rings (SSSR count). The monoisotopic (exact) mass is 357 g/mol. The van der Waals surface area contributed by atoms with Gasteiger partial charge in [0.2, 0.25) is 5.91 Å². The van der Waals surface area contributed by atoms with E-state index in [4.69, 9.17) is 5.73 Å². The van der Waals surface area contributed by atoms with Crippen LogP contribution in [0.4, 0.5) is 4.39 Å². The highest BCUT2D eigenvalue weighted by molar-refractivity contribution is 9.10. The highest BCUT2D eigenvalue weighted by atomic mass is 79.9. The number of nitrogens with one attached hydrogen (secondary N) is 1. The Bertz CT molecular complexity index is 504. The first kappa shape index (κ1) is 16.4. The molecule has 0 radical (unpaired) electrons. The fraction of sp³-hybridized carbons (Fsp3) is 0.533. The van der Waals surface area contributed by atoms with Crippen molar-refractivity contribution in [2.24, 2.45) is 5.73 Å². The van der Waals surface area contributed by atoms with E-state index in [1.165, 1.54) is 6.07 Å². The molecule has 1 aliphatic heterocycles. The van der Waals surface area contributed by atoms with Gasteiger partial charge in [0.05, 0.1) is 6.54 Å². The molecule has 3 N–H and O–H groups in total. The van der Waals surface area contributed by atoms with Gasteiger partial charge < -0.3 is 11.1 Å². The molecule has 1 aromatic rings. The van der Waals surface area contributed by atoms with E-state index in [0.717, 1.165) is 30.4 Å². The third kappa shape index (κ3) is 4.76. The van der Waals surface area contributed by atoms with E-state index < -0.39 is 0 Å². The van der Waals surface area contributed by atoms with Crippen LogP contribution in [-0.4, -0.2) is 36.5 Å². The molecular formula is C15H21BrFN3O. The van der Waals surface area contributed by atoms with E-state index in [-0.39, 0.29) is 17.8 Å². The third-order valence-corrected chi connectivity index (χ3v) is 4.37. The van der Waals surface area contributed by atoms with Crippen LogP contribution in [0.1, 0.15) is 31.4 Å². The molecule has 0 bridgehead atoms. The number of nitrogens with zero attached hydrogens (tertiary/aromatic N) is 1. The molecule has 1 atom stereocenters. The smallest absolute Gasteiger partial charge is 0.231 e. The number of halogens is 2. The molecular weight excluding hydrogens is 337 g/mol. The van der Waals surface area contributed by atoms with Gasteiger partial charge in [-0.1, -0.05) is 15.9 Å². The van der Waals surface area contributed by atoms with Crippen molar-refractivity contribution in [3.8, 4) is 0 Å². The summed E-state index contributed by atoms with van der Waals surface area (Å²) in [6.07, 6.45) is 1.88. The van der Waals surface area contributed by atoms with Crippen LogP contribution in [0, 0.1) is 5.82 Å². The first-order valence-corrected chi connectivity index (χ1v) is 7.96. The first-order chi connectivity index (χ1) is 9.95. The van der Waals surface area contributed by atoms with Crippen LogP contribution in [0.5, 0.6) is 0 Å². The molecule has 1 amide bonds. The van der Waals surface area contributed by atoms with Gasteiger partial charge >= 0.3 is 0 Å². The van der Waals surface area contributed by atoms with Gasteiger partial charge in [-0.3, -0.25) is 9.69 Å². The number of carbonyl (C=O) groups is 1. The quantitative estimate of drug-likeness (QED) is 0.849. The highest BCUT2D eigenvalue weighted by Crippen LogP contribution is 2.23. The lowest BCUT2D eigenvalue weighted by Crippen LogP contribution is -2.45. The van der Waals surface area contributed by atoms with Gasteiger partial charge in [-0.2, -0.15) is 0 Å². The van der Waals surface area contributed by atoms with Crippen molar-refractivity contribution in [2.75, 3.05) is 19.6 Å². The van der Waals surface area contributed by atoms with Crippen LogP contribution in [0.25, 0.3) is 0 Å². The van der Waals surface area contributed by atoms with E-state index in [0.29, 0.717) is 18.2 Å². The molecule has 1 fully saturated rings. The Morgan fingerprint density at radius 2 is 2.19 bits per heavy atom. The zero-order valence-electron chi connectivity index (χ0n) is 12.1. The number of primary amides is 1. The summed E-state index contributed by atoms with van der Waals surface area (Å²) in [5.41, 5.74) is 5.87. The molecule has 1 unspecified atom stereocenters. The predicted molar refractivity (Wildman–Crippen MR) is 84.3 cm³/mol. The number of hydrogen-bond donors (Lipinski definition) is 2. The minimum atomic E-state index is -0.286. The van der Waals surface area contributed by atoms with Crippen molar-refractivity contribution < 1.29 is 9.18 Å². The number of benzene rings is 1. The Hall–Kier alpha value is -0.980. The van der Waals surface area contributed by atoms with Crippen molar-refractivity contribution in [3.63, 3.8) is 0 Å². The van der Waals surface area contributed by atoms with Gasteiger partial charge in [0, 0.05) is 35.2 Å². The molecule has 1 saturated heterocycles. The lowest BCUT2D eigenvalue weighted by Gasteiger charge is -2.33. The van der Waals surface area contributed by atoms with Crippen LogP contribution in [-0.2, 0) is 4.79 Å². The van der Waals surface area contributed by atoms with Gasteiger partial charge in [-0.15, -0.1) is 0 Å². The van der Waals surface area contributed by atoms with E-state index in [1.807, 2.05) is 13.0 Å². The molecule has 6 heteroatoms. The number of likely N-dealkylation sites (tertiary alicyclic amines) is 1. The maximum Gasteiger partial charge on any atom is 0.231 e. The summed E-state index contributed by atoms with van der Waals surface area (Å²) in [7, 11) is 0. The summed E-state index contributed by atoms with van der Waals surface area (Å²) in [6, 6.07) is 5.29. The minimum absolute atomic E-state index is 0.0461. The fourth-order valence-corrected chi connectivity index (χ4v) is 3.15. The number of piperidine rings is 1. The van der Waals surface area contributed by atoms with Crippen LogP contribution < -0.4 is 11.1 Å². The lowest BCUT2D eigenvalue weighted by molar-refractivity contribution is -0.119. The summed E-state index contributed by atoms with van der Waals surface area (Å²) in [6.45, 7) is 3.98. The van der Waals surface area contributed by atoms with E-state index in [2.05, 4.69) is 26.1 Å². The summed E-state index contributed by atoms with van der Waals surface area (Å²) in [5.74, 6) is -0.477. The summed E-state index contributed by atoms with van der Waals surface area (Å²) >= 11 is 3.38. The van der Waals surface area contributed by atoms with E-state index in [1.54, 1.807) is 6.07 Å². The van der Waals surface area contributed by atoms with Crippen LogP contribution in [0.3, 0.4) is 0 Å². The van der Waals surface area contributed by atoms with Crippen LogP contribution >= 0.6 is 15.9 Å². The molecule has 116 valence electrons. The molecule has 1 aliphatic rings. The molecule has 0 saturated carbocycles. The maximum absolute atomic E-state index is 13.9. The number of rotatable bonds is 5. The molecule has 1 aromatic carbocycles. The van der Waals surface area contributed by atoms with Gasteiger partial charge in [0.1, 0.15) is 5.82 Å². The molecule has 1 heterocycles. The van der Waals surface area contributed by atoms with Gasteiger partial charge in [-0.05, 0) is 38.0 Å². The summed E-state index contributed by atoms with van der Waals surface area (Å²) < 4.78 is 14.7. The second-order valence-electron chi connectivity index (χ2n) is 5.57. The zero-order chi connectivity index (χ0) is 15.4. The number of nitrogens with two attached hydrogens (primary N) is 1. The second kappa shape index (κ2) is 7.33. The van der Waals surface area contributed by atoms with Crippen LogP contribution in [0.2, 0.25) is 0 Å². The predicted octanol–water partition coefficient (Wildman–Crippen LogP) is 2.19. The van der Waals surface area contributed by atoms with E-state index in [9.17, 15) is 9.18 Å². The maximum atomic E-state index is 13.9. The van der Waals surface area contributed by atoms with E-state index >= 15 is 0 Å². The first-order valence-electron chi connectivity index (χ1n) is 7.17. The molecule has 4 nitrogen and oxygen atoms in total. The van der Waals surface area contributed by atoms with Crippen molar-refractivity contribution in [1.29, 1.82) is 0 Å². The Kier molecular flexibility index (Phi) is 5.72. The molecule has 21 heavy (non-hydrogen) atoms. The average Bonchev–Trinajstić information content (AvgIpc) is 2.43. The van der Waals surface area contributed by atoms with Gasteiger partial charge in [0.25, 0.3) is 0 Å². The van der Waals surface area contributed by atoms with Crippen molar-refractivity contribution in [1.82, 2.24) is 10.2 Å².